The number of aromatic hydroxyl groups is 2. The Kier molecular flexibility index (Phi) is 3.14. The number of carbonyl (C=O) groups excluding carboxylic acids is 2. The maximum atomic E-state index is 12.5. The zero-order chi connectivity index (χ0) is 15.9. The summed E-state index contributed by atoms with van der Waals surface area (Å²) in [6, 6.07) is 7.03. The molecule has 0 saturated heterocycles. The molecule has 6 heteroatoms. The zero-order valence-electron chi connectivity index (χ0n) is 11.5. The predicted molar refractivity (Wildman–Crippen MR) is 77.7 cm³/mol. The first-order valence-corrected chi connectivity index (χ1v) is 6.39. The van der Waals surface area contributed by atoms with Crippen LogP contribution in [0.5, 0.6) is 11.5 Å². The molecule has 2 aromatic carbocycles. The summed E-state index contributed by atoms with van der Waals surface area (Å²) >= 11 is 0. The van der Waals surface area contributed by atoms with Crippen LogP contribution in [0.15, 0.2) is 35.5 Å². The van der Waals surface area contributed by atoms with Gasteiger partial charge in [-0.1, -0.05) is 17.3 Å². The van der Waals surface area contributed by atoms with Gasteiger partial charge in [-0.2, -0.15) is 0 Å². The lowest BCUT2D eigenvalue weighted by molar-refractivity contribution is 0.0974. The van der Waals surface area contributed by atoms with Crippen LogP contribution in [0.25, 0.3) is 0 Å². The lowest BCUT2D eigenvalue weighted by Gasteiger charge is -2.19. The minimum absolute atomic E-state index is 0.0700. The van der Waals surface area contributed by atoms with E-state index in [1.165, 1.54) is 43.7 Å². The maximum Gasteiger partial charge on any atom is 0.201 e. The summed E-state index contributed by atoms with van der Waals surface area (Å²) in [6.45, 7) is 0. The number of fused-ring (bicyclic) bond motifs is 2. The molecule has 0 spiro atoms. The van der Waals surface area contributed by atoms with Gasteiger partial charge >= 0.3 is 0 Å². The Hall–Kier alpha value is -3.15. The second-order valence-electron chi connectivity index (χ2n) is 4.74. The minimum Gasteiger partial charge on any atom is -0.507 e. The predicted octanol–water partition coefficient (Wildman–Crippen LogP) is 1.85. The smallest absolute Gasteiger partial charge is 0.201 e. The van der Waals surface area contributed by atoms with Gasteiger partial charge in [-0.3, -0.25) is 9.59 Å². The molecule has 0 aliphatic heterocycles. The van der Waals surface area contributed by atoms with Crippen molar-refractivity contribution in [1.82, 2.24) is 0 Å². The molecule has 1 aliphatic rings. The Morgan fingerprint density at radius 3 is 2.45 bits per heavy atom. The van der Waals surface area contributed by atoms with Crippen LogP contribution in [0, 0.1) is 0 Å². The van der Waals surface area contributed by atoms with Crippen molar-refractivity contribution >= 4 is 17.8 Å². The van der Waals surface area contributed by atoms with Crippen LogP contribution < -0.4 is 0 Å². The zero-order valence-corrected chi connectivity index (χ0v) is 11.5. The molecule has 1 aliphatic carbocycles. The van der Waals surface area contributed by atoms with E-state index in [1.54, 1.807) is 0 Å². The molecule has 0 atom stereocenters. The third-order valence-electron chi connectivity index (χ3n) is 3.43. The van der Waals surface area contributed by atoms with Crippen molar-refractivity contribution in [2.24, 2.45) is 5.16 Å². The average Bonchev–Trinajstić information content (AvgIpc) is 2.49. The highest BCUT2D eigenvalue weighted by molar-refractivity contribution is 6.30. The average molecular weight is 297 g/mol. The van der Waals surface area contributed by atoms with Gasteiger partial charge in [-0.15, -0.1) is 0 Å². The lowest BCUT2D eigenvalue weighted by Crippen LogP contribution is -2.21. The van der Waals surface area contributed by atoms with E-state index in [2.05, 4.69) is 9.99 Å². The van der Waals surface area contributed by atoms with Crippen LogP contribution in [0.1, 0.15) is 37.4 Å². The standard InChI is InChI=1S/C16H11NO5/c1-22-17-7-8-5-10-14(12(19)6-8)16(21)13-9(15(10)20)3-2-4-11(13)18/h2-7,18-19H,1H3/b17-7+. The molecule has 0 saturated carbocycles. The molecule has 110 valence electrons. The van der Waals surface area contributed by atoms with Gasteiger partial charge in [0.05, 0.1) is 17.3 Å². The van der Waals surface area contributed by atoms with Gasteiger partial charge in [0.2, 0.25) is 5.78 Å². The summed E-state index contributed by atoms with van der Waals surface area (Å²) in [7, 11) is 1.36. The summed E-state index contributed by atoms with van der Waals surface area (Å²) in [5, 5.41) is 23.5. The largest absolute Gasteiger partial charge is 0.507 e. The molecular weight excluding hydrogens is 286 g/mol. The fourth-order valence-corrected chi connectivity index (χ4v) is 2.49. The molecule has 22 heavy (non-hydrogen) atoms. The molecule has 0 fully saturated rings. The first-order valence-electron chi connectivity index (χ1n) is 6.39. The first-order chi connectivity index (χ1) is 10.5. The number of phenols is 2. The first kappa shape index (κ1) is 13.8. The summed E-state index contributed by atoms with van der Waals surface area (Å²) in [5.41, 5.74) is 0.392. The Morgan fingerprint density at radius 1 is 1.00 bits per heavy atom. The molecule has 0 heterocycles. The van der Waals surface area contributed by atoms with Gasteiger partial charge in [0.1, 0.15) is 18.6 Å². The number of hydrogen-bond donors (Lipinski definition) is 2. The molecule has 0 radical (unpaired) electrons. The van der Waals surface area contributed by atoms with Gasteiger partial charge in [-0.05, 0) is 18.2 Å². The van der Waals surface area contributed by atoms with Crippen molar-refractivity contribution < 1.29 is 24.6 Å². The number of hydrogen-bond acceptors (Lipinski definition) is 6. The van der Waals surface area contributed by atoms with Crippen LogP contribution >= 0.6 is 0 Å². The van der Waals surface area contributed by atoms with Crippen LogP contribution in [0.3, 0.4) is 0 Å². The van der Waals surface area contributed by atoms with E-state index in [9.17, 15) is 19.8 Å². The molecule has 0 bridgehead atoms. The Balaban J connectivity index is 2.26. The fraction of sp³-hybridized carbons (Fsp3) is 0.0625. The molecule has 2 aromatic rings. The van der Waals surface area contributed by atoms with Crippen LogP contribution in [-0.2, 0) is 4.84 Å². The fourth-order valence-electron chi connectivity index (χ4n) is 2.49. The Morgan fingerprint density at radius 2 is 1.73 bits per heavy atom. The summed E-state index contributed by atoms with van der Waals surface area (Å²) in [5.74, 6) is -1.66. The number of ketones is 2. The summed E-state index contributed by atoms with van der Waals surface area (Å²) in [4.78, 5) is 29.6. The monoisotopic (exact) mass is 297 g/mol. The van der Waals surface area contributed by atoms with Crippen molar-refractivity contribution in [2.75, 3.05) is 7.11 Å². The molecule has 3 rings (SSSR count). The molecule has 0 aromatic heterocycles. The van der Waals surface area contributed by atoms with Gasteiger partial charge in [0, 0.05) is 16.7 Å². The van der Waals surface area contributed by atoms with Crippen LogP contribution in [0.4, 0.5) is 0 Å². The summed E-state index contributed by atoms with van der Waals surface area (Å²) < 4.78 is 0. The summed E-state index contributed by atoms with van der Waals surface area (Å²) in [6.07, 6.45) is 1.32. The third kappa shape index (κ3) is 1.93. The van der Waals surface area contributed by atoms with Crippen molar-refractivity contribution in [2.45, 2.75) is 0 Å². The normalized spacial score (nSPS) is 13.1. The number of rotatable bonds is 2. The lowest BCUT2D eigenvalue weighted by atomic mass is 9.82. The topological polar surface area (TPSA) is 96.2 Å². The van der Waals surface area contributed by atoms with E-state index >= 15 is 0 Å². The molecule has 6 nitrogen and oxygen atoms in total. The molecule has 2 N–H and O–H groups in total. The number of carbonyl (C=O) groups is 2. The molecule has 0 amide bonds. The van der Waals surface area contributed by atoms with Gasteiger partial charge in [-0.25, -0.2) is 0 Å². The quantitative estimate of drug-likeness (QED) is 0.556. The van der Waals surface area contributed by atoms with Crippen LogP contribution in [0.2, 0.25) is 0 Å². The van der Waals surface area contributed by atoms with E-state index in [1.807, 2.05) is 0 Å². The highest BCUT2D eigenvalue weighted by Gasteiger charge is 2.34. The SMILES string of the molecule is CO/N=C/c1cc(O)c2c(c1)C(=O)c1cccc(O)c1C2=O. The van der Waals surface area contributed by atoms with Crippen molar-refractivity contribution in [1.29, 1.82) is 0 Å². The Bertz CT molecular complexity index is 839. The van der Waals surface area contributed by atoms with E-state index in [-0.39, 0.29) is 33.8 Å². The highest BCUT2D eigenvalue weighted by atomic mass is 16.6. The second-order valence-corrected chi connectivity index (χ2v) is 4.74. The number of phenolic OH excluding ortho intramolecular Hbond substituents is 2. The molecule has 0 unspecified atom stereocenters. The maximum absolute atomic E-state index is 12.5. The van der Waals surface area contributed by atoms with Gasteiger partial charge < -0.3 is 15.1 Å². The van der Waals surface area contributed by atoms with E-state index in [0.717, 1.165) is 0 Å². The van der Waals surface area contributed by atoms with Crippen molar-refractivity contribution in [3.8, 4) is 11.5 Å². The number of oxime groups is 1. The minimum atomic E-state index is -0.588. The third-order valence-corrected chi connectivity index (χ3v) is 3.43. The van der Waals surface area contributed by atoms with Gasteiger partial charge in [0.25, 0.3) is 0 Å². The second kappa shape index (κ2) is 5.00. The molecular formula is C16H11NO5. The Labute approximate surface area is 125 Å². The number of benzene rings is 2. The number of nitrogens with zero attached hydrogens (tertiary/aromatic N) is 1. The van der Waals surface area contributed by atoms with Crippen molar-refractivity contribution in [3.63, 3.8) is 0 Å². The van der Waals surface area contributed by atoms with Gasteiger partial charge in [0.15, 0.2) is 5.78 Å². The van der Waals surface area contributed by atoms with E-state index in [0.29, 0.717) is 5.56 Å². The van der Waals surface area contributed by atoms with Crippen LogP contribution in [-0.4, -0.2) is 35.1 Å². The highest BCUT2D eigenvalue weighted by Crippen LogP contribution is 2.36. The van der Waals surface area contributed by atoms with E-state index < -0.39 is 11.6 Å². The van der Waals surface area contributed by atoms with Crippen molar-refractivity contribution in [3.05, 3.63) is 58.1 Å². The van der Waals surface area contributed by atoms with E-state index in [4.69, 9.17) is 0 Å².